The van der Waals surface area contributed by atoms with E-state index in [1.54, 1.807) is 54.9 Å². The van der Waals surface area contributed by atoms with Crippen molar-refractivity contribution in [3.63, 3.8) is 0 Å². The maximum absolute atomic E-state index is 13.0. The van der Waals surface area contributed by atoms with Gasteiger partial charge in [-0.2, -0.15) is 0 Å². The zero-order valence-corrected chi connectivity index (χ0v) is 14.6. The van der Waals surface area contributed by atoms with Gasteiger partial charge in [-0.15, -0.1) is 0 Å². The van der Waals surface area contributed by atoms with Gasteiger partial charge in [-0.3, -0.25) is 19.5 Å². The molecule has 1 atom stereocenters. The number of rotatable bonds is 4. The second-order valence-electron chi connectivity index (χ2n) is 5.91. The molecule has 4 rings (SSSR count). The molecule has 0 bridgehead atoms. The number of aliphatic hydroxyl groups excluding tert-OH is 1. The van der Waals surface area contributed by atoms with E-state index in [0.29, 0.717) is 16.3 Å². The minimum atomic E-state index is -0.837. The van der Waals surface area contributed by atoms with Crippen LogP contribution in [0.3, 0.4) is 0 Å². The third-order valence-electron chi connectivity index (χ3n) is 4.31. The number of ketones is 1. The Morgan fingerprint density at radius 3 is 2.59 bits per heavy atom. The van der Waals surface area contributed by atoms with Crippen LogP contribution in [0.15, 0.2) is 82.9 Å². The highest BCUT2D eigenvalue weighted by Gasteiger charge is 2.45. The zero-order chi connectivity index (χ0) is 19.0. The Morgan fingerprint density at radius 2 is 1.93 bits per heavy atom. The molecule has 1 unspecified atom stereocenters. The molecule has 1 amide bonds. The van der Waals surface area contributed by atoms with Crippen molar-refractivity contribution < 1.29 is 19.1 Å². The number of nitrogens with zero attached hydrogens (tertiary/aromatic N) is 2. The topological polar surface area (TPSA) is 83.6 Å². The molecular formula is C20H13ClN2O4. The number of pyridine rings is 1. The van der Waals surface area contributed by atoms with Gasteiger partial charge in [0.15, 0.2) is 11.5 Å². The van der Waals surface area contributed by atoms with E-state index < -0.39 is 23.5 Å². The Kier molecular flexibility index (Phi) is 4.25. The molecule has 134 valence electrons. The number of amides is 1. The van der Waals surface area contributed by atoms with Gasteiger partial charge in [0.2, 0.25) is 5.78 Å². The number of hydrogen-bond donors (Lipinski definition) is 1. The lowest BCUT2D eigenvalue weighted by atomic mass is 9.95. The van der Waals surface area contributed by atoms with Gasteiger partial charge in [0.05, 0.1) is 17.9 Å². The van der Waals surface area contributed by atoms with Crippen LogP contribution in [-0.4, -0.2) is 21.8 Å². The van der Waals surface area contributed by atoms with Crippen LogP contribution in [0.4, 0.5) is 5.69 Å². The van der Waals surface area contributed by atoms with E-state index in [4.69, 9.17) is 16.0 Å². The molecule has 0 radical (unpaired) electrons. The fraction of sp³-hybridized carbons (Fsp3) is 0.0500. The maximum atomic E-state index is 13.0. The number of anilines is 1. The predicted octanol–water partition coefficient (Wildman–Crippen LogP) is 4.11. The number of halogens is 1. The van der Waals surface area contributed by atoms with Crippen molar-refractivity contribution in [3.8, 4) is 0 Å². The van der Waals surface area contributed by atoms with Gasteiger partial charge < -0.3 is 9.52 Å². The van der Waals surface area contributed by atoms with Crippen LogP contribution in [0.25, 0.3) is 0 Å². The Hall–Kier alpha value is -3.38. The van der Waals surface area contributed by atoms with Crippen molar-refractivity contribution in [3.05, 3.63) is 94.9 Å². The van der Waals surface area contributed by atoms with Crippen molar-refractivity contribution in [1.82, 2.24) is 4.98 Å². The molecule has 0 fully saturated rings. The number of aromatic nitrogens is 1. The lowest BCUT2D eigenvalue weighted by Gasteiger charge is -2.26. The summed E-state index contributed by atoms with van der Waals surface area (Å²) in [6, 6.07) is 12.2. The van der Waals surface area contributed by atoms with Crippen molar-refractivity contribution in [2.45, 2.75) is 6.04 Å². The minimum Gasteiger partial charge on any atom is -0.503 e. The van der Waals surface area contributed by atoms with Gasteiger partial charge in [0.25, 0.3) is 5.91 Å². The number of carbonyl (C=O) groups is 2. The molecule has 1 aromatic carbocycles. The number of Topliss-reactive ketones (excluding diaryl/α,β-unsaturated/α-hetero) is 1. The molecule has 3 aromatic rings. The maximum Gasteiger partial charge on any atom is 0.294 e. The summed E-state index contributed by atoms with van der Waals surface area (Å²) in [5, 5.41) is 11.0. The molecule has 1 N–H and O–H groups in total. The highest BCUT2D eigenvalue weighted by molar-refractivity contribution is 6.31. The fourth-order valence-corrected chi connectivity index (χ4v) is 3.32. The molecule has 7 heteroatoms. The first-order valence-electron chi connectivity index (χ1n) is 8.08. The van der Waals surface area contributed by atoms with E-state index in [1.165, 1.54) is 17.2 Å². The number of carbonyl (C=O) groups excluding carboxylic acids is 2. The Balaban J connectivity index is 1.89. The third kappa shape index (κ3) is 2.90. The molecule has 27 heavy (non-hydrogen) atoms. The Bertz CT molecular complexity index is 1040. The van der Waals surface area contributed by atoms with E-state index in [1.807, 2.05) is 0 Å². The minimum absolute atomic E-state index is 0.0383. The number of furan rings is 1. The van der Waals surface area contributed by atoms with Crippen LogP contribution >= 0.6 is 11.6 Å². The highest BCUT2D eigenvalue weighted by Crippen LogP contribution is 2.42. The van der Waals surface area contributed by atoms with E-state index >= 15 is 0 Å². The molecule has 0 spiro atoms. The summed E-state index contributed by atoms with van der Waals surface area (Å²) in [5.41, 5.74) is 1.03. The van der Waals surface area contributed by atoms with Gasteiger partial charge >= 0.3 is 0 Å². The summed E-state index contributed by atoms with van der Waals surface area (Å²) < 4.78 is 5.18. The molecule has 0 saturated carbocycles. The predicted molar refractivity (Wildman–Crippen MR) is 98.6 cm³/mol. The molecule has 6 nitrogen and oxygen atoms in total. The fourth-order valence-electron chi connectivity index (χ4n) is 3.13. The summed E-state index contributed by atoms with van der Waals surface area (Å²) in [6.45, 7) is 0. The summed E-state index contributed by atoms with van der Waals surface area (Å²) in [5.74, 6) is -1.82. The number of hydrogen-bond acceptors (Lipinski definition) is 5. The molecule has 1 aliphatic heterocycles. The van der Waals surface area contributed by atoms with Gasteiger partial charge in [-0.25, -0.2) is 0 Å². The smallest absolute Gasteiger partial charge is 0.294 e. The summed E-state index contributed by atoms with van der Waals surface area (Å²) >= 11 is 6.08. The number of benzene rings is 1. The first kappa shape index (κ1) is 17.1. The third-order valence-corrected chi connectivity index (χ3v) is 4.54. The van der Waals surface area contributed by atoms with E-state index in [0.717, 1.165) is 0 Å². The molecule has 0 saturated heterocycles. The van der Waals surface area contributed by atoms with Crippen LogP contribution < -0.4 is 4.90 Å². The Morgan fingerprint density at radius 1 is 1.15 bits per heavy atom. The van der Waals surface area contributed by atoms with Crippen molar-refractivity contribution in [2.24, 2.45) is 0 Å². The standard InChI is InChI=1S/C20H13ClN2O4/c21-13-3-1-4-14(11-13)23-17(12-6-8-22-9-7-12)16(19(25)20(23)26)18(24)15-5-2-10-27-15/h1-11,17,25H. The van der Waals surface area contributed by atoms with E-state index in [9.17, 15) is 14.7 Å². The average molecular weight is 381 g/mol. The highest BCUT2D eigenvalue weighted by atomic mass is 35.5. The van der Waals surface area contributed by atoms with Gasteiger partial charge in [-0.1, -0.05) is 17.7 Å². The second-order valence-corrected chi connectivity index (χ2v) is 6.34. The zero-order valence-electron chi connectivity index (χ0n) is 13.9. The normalized spacial score (nSPS) is 16.9. The second kappa shape index (κ2) is 6.74. The van der Waals surface area contributed by atoms with Crippen LogP contribution in [0.5, 0.6) is 0 Å². The first-order chi connectivity index (χ1) is 13.1. The first-order valence-corrected chi connectivity index (χ1v) is 8.46. The Labute approximate surface area is 159 Å². The van der Waals surface area contributed by atoms with Gasteiger partial charge in [0.1, 0.15) is 0 Å². The largest absolute Gasteiger partial charge is 0.503 e. The van der Waals surface area contributed by atoms with Gasteiger partial charge in [0, 0.05) is 23.1 Å². The summed E-state index contributed by atoms with van der Waals surface area (Å²) in [6.07, 6.45) is 4.47. The van der Waals surface area contributed by atoms with Crippen molar-refractivity contribution in [2.75, 3.05) is 4.90 Å². The van der Waals surface area contributed by atoms with Crippen LogP contribution in [0.1, 0.15) is 22.2 Å². The molecule has 1 aliphatic rings. The molecular weight excluding hydrogens is 368 g/mol. The lowest BCUT2D eigenvalue weighted by molar-refractivity contribution is -0.117. The van der Waals surface area contributed by atoms with Crippen LogP contribution in [0, 0.1) is 0 Å². The van der Waals surface area contributed by atoms with E-state index in [-0.39, 0.29) is 11.3 Å². The number of aliphatic hydroxyl groups is 1. The van der Waals surface area contributed by atoms with Crippen molar-refractivity contribution >= 4 is 29.0 Å². The summed E-state index contributed by atoms with van der Waals surface area (Å²) in [4.78, 5) is 31.1. The van der Waals surface area contributed by atoms with E-state index in [2.05, 4.69) is 4.98 Å². The van der Waals surface area contributed by atoms with Crippen LogP contribution in [-0.2, 0) is 4.79 Å². The molecule has 3 heterocycles. The average Bonchev–Trinajstić information content (AvgIpc) is 3.30. The van der Waals surface area contributed by atoms with Gasteiger partial charge in [-0.05, 0) is 48.0 Å². The van der Waals surface area contributed by atoms with Crippen LogP contribution in [0.2, 0.25) is 5.02 Å². The molecule has 2 aromatic heterocycles. The quantitative estimate of drug-likeness (QED) is 0.688. The van der Waals surface area contributed by atoms with Crippen molar-refractivity contribution in [1.29, 1.82) is 0 Å². The SMILES string of the molecule is O=C(C1=C(O)C(=O)N(c2cccc(Cl)c2)C1c1ccncc1)c1ccco1. The monoisotopic (exact) mass is 380 g/mol. The lowest BCUT2D eigenvalue weighted by Crippen LogP contribution is -2.31. The summed E-state index contributed by atoms with van der Waals surface area (Å²) in [7, 11) is 0. The molecule has 0 aliphatic carbocycles.